The molecule has 0 saturated heterocycles. The first-order valence-electron chi connectivity index (χ1n) is 23.4. The summed E-state index contributed by atoms with van der Waals surface area (Å²) in [6.45, 7) is 18.7. The second kappa shape index (κ2) is 17.2. The van der Waals surface area contributed by atoms with E-state index in [-0.39, 0.29) is 61.7 Å². The third-order valence-corrected chi connectivity index (χ3v) is 11.1. The SMILES string of the molecule is [2H]c1c([2H])c([2H])c(-c2ccnc(-c3[c-]c(-c4cccc5c4nc(-c4cc(C(C)C)cc(C(C)C)c4O)n5-c4ccc(-c5ccccc5)c(C([2H])(C)C)c4)cc(C(C)(C)C)c3)c2)c([2H])c1[2H].[Pt]. The molecule has 5 heteroatoms. The number of fused-ring (bicyclic) bond motifs is 1. The minimum absolute atomic E-state index is 0. The van der Waals surface area contributed by atoms with E-state index in [2.05, 4.69) is 108 Å². The van der Waals surface area contributed by atoms with Gasteiger partial charge in [0.2, 0.25) is 0 Å². The van der Waals surface area contributed by atoms with E-state index in [0.29, 0.717) is 33.7 Å². The number of aromatic nitrogens is 3. The molecule has 1 N–H and O–H groups in total. The Bertz CT molecular complexity index is 3120. The predicted molar refractivity (Wildman–Crippen MR) is 248 cm³/mol. The fourth-order valence-corrected chi connectivity index (χ4v) is 7.75. The first-order valence-corrected chi connectivity index (χ1v) is 20.4. The largest absolute Gasteiger partial charge is 0.507 e. The van der Waals surface area contributed by atoms with Crippen molar-refractivity contribution in [1.82, 2.24) is 14.5 Å². The molecule has 6 aromatic carbocycles. The van der Waals surface area contributed by atoms with E-state index in [9.17, 15) is 6.48 Å². The summed E-state index contributed by atoms with van der Waals surface area (Å²) in [5, 5.41) is 12.2. The van der Waals surface area contributed by atoms with Crippen LogP contribution in [0.25, 0.3) is 72.7 Å². The van der Waals surface area contributed by atoms with Crippen LogP contribution >= 0.6 is 0 Å². The van der Waals surface area contributed by atoms with Gasteiger partial charge in [-0.25, -0.2) is 4.98 Å². The van der Waals surface area contributed by atoms with Crippen molar-refractivity contribution in [2.24, 2.45) is 0 Å². The van der Waals surface area contributed by atoms with E-state index in [1.807, 2.05) is 56.3 Å². The zero-order valence-electron chi connectivity index (χ0n) is 41.7. The first-order chi connectivity index (χ1) is 30.6. The predicted octanol–water partition coefficient (Wildman–Crippen LogP) is 14.9. The van der Waals surface area contributed by atoms with Gasteiger partial charge in [-0.1, -0.05) is 164 Å². The summed E-state index contributed by atoms with van der Waals surface area (Å²) in [6.07, 6.45) is 1.59. The Kier molecular flexibility index (Phi) is 10.1. The quantitative estimate of drug-likeness (QED) is 0.147. The second-order valence-corrected chi connectivity index (χ2v) is 17.2. The fourth-order valence-electron chi connectivity index (χ4n) is 7.75. The number of imidazole rings is 1. The Hall–Kier alpha value is -5.57. The van der Waals surface area contributed by atoms with Crippen LogP contribution in [0, 0.1) is 6.07 Å². The molecule has 306 valence electrons. The zero-order valence-corrected chi connectivity index (χ0v) is 37.9. The molecule has 2 heterocycles. The molecule has 0 aliphatic carbocycles. The van der Waals surface area contributed by atoms with Crippen LogP contribution in [-0.4, -0.2) is 19.6 Å². The standard InChI is InChI=1S/C55H54N3O.Pt/c1-34(2)40-30-48(36(5)6)53(59)49(31-40)54-57-52-46(21-16-22-51(52)58(54)44-23-24-45(47(33-44)35(3)4)38-19-14-11-15-20-38)41-27-42(29-43(28-41)55(7,8)9)50-32-39(25-26-56-50)37-17-12-10-13-18-37;/h10-26,28-36,59H,1-9H3;/q-1;/i10D,12D,13D,17D,18D,35D;. The minimum atomic E-state index is -0.958. The number of hydrogen-bond acceptors (Lipinski definition) is 3. The number of nitrogens with zero attached hydrogens (tertiary/aromatic N) is 3. The number of benzene rings is 6. The summed E-state index contributed by atoms with van der Waals surface area (Å²) in [5.74, 6) is 0.0122. The fraction of sp³-hybridized carbons (Fsp3) is 0.236. The molecule has 8 aromatic rings. The van der Waals surface area contributed by atoms with E-state index in [4.69, 9.17) is 16.8 Å². The van der Waals surface area contributed by atoms with E-state index in [1.165, 1.54) is 0 Å². The topological polar surface area (TPSA) is 50.9 Å². The van der Waals surface area contributed by atoms with Gasteiger partial charge in [-0.05, 0) is 92.4 Å². The van der Waals surface area contributed by atoms with Crippen LogP contribution in [0.1, 0.15) is 111 Å². The summed E-state index contributed by atoms with van der Waals surface area (Å²) in [5.41, 5.74) is 11.7. The van der Waals surface area contributed by atoms with Gasteiger partial charge in [0.15, 0.2) is 0 Å². The Labute approximate surface area is 379 Å². The molecule has 4 nitrogen and oxygen atoms in total. The first kappa shape index (κ1) is 35.2. The van der Waals surface area contributed by atoms with Crippen LogP contribution in [0.5, 0.6) is 5.75 Å². The molecule has 0 bridgehead atoms. The molecule has 2 aromatic heterocycles. The molecule has 0 fully saturated rings. The number of aromatic hydroxyl groups is 1. The van der Waals surface area contributed by atoms with Gasteiger partial charge in [0.05, 0.1) is 23.5 Å². The summed E-state index contributed by atoms with van der Waals surface area (Å²) < 4.78 is 53.5. The van der Waals surface area contributed by atoms with Gasteiger partial charge in [-0.3, -0.25) is 9.55 Å². The van der Waals surface area contributed by atoms with E-state index in [1.54, 1.807) is 18.3 Å². The Balaban J connectivity index is 0.00000648. The summed E-state index contributed by atoms with van der Waals surface area (Å²) in [4.78, 5) is 10.2. The molecule has 0 spiro atoms. The van der Waals surface area contributed by atoms with Crippen molar-refractivity contribution in [1.29, 1.82) is 0 Å². The van der Waals surface area contributed by atoms with Gasteiger partial charge in [-0.15, -0.1) is 29.3 Å². The van der Waals surface area contributed by atoms with Crippen molar-refractivity contribution in [3.8, 4) is 67.5 Å². The molecule has 0 saturated carbocycles. The maximum atomic E-state index is 12.2. The van der Waals surface area contributed by atoms with Gasteiger partial charge >= 0.3 is 0 Å². The third kappa shape index (κ3) is 8.28. The maximum absolute atomic E-state index is 12.2. The van der Waals surface area contributed by atoms with Crippen molar-refractivity contribution in [2.75, 3.05) is 0 Å². The van der Waals surface area contributed by atoms with Gasteiger partial charge in [-0.2, -0.15) is 0 Å². The minimum Gasteiger partial charge on any atom is -0.507 e. The molecule has 0 unspecified atom stereocenters. The molecule has 60 heavy (non-hydrogen) atoms. The van der Waals surface area contributed by atoms with Gasteiger partial charge in [0, 0.05) is 40.0 Å². The number of rotatable bonds is 9. The van der Waals surface area contributed by atoms with Crippen molar-refractivity contribution in [3.05, 3.63) is 168 Å². The van der Waals surface area contributed by atoms with Crippen LogP contribution in [0.3, 0.4) is 0 Å². The normalized spacial score (nSPS) is 13.4. The van der Waals surface area contributed by atoms with Crippen molar-refractivity contribution in [3.63, 3.8) is 0 Å². The van der Waals surface area contributed by atoms with Crippen molar-refractivity contribution >= 4 is 11.0 Å². The van der Waals surface area contributed by atoms with Gasteiger partial charge in [0.1, 0.15) is 11.6 Å². The summed E-state index contributed by atoms with van der Waals surface area (Å²) in [7, 11) is 0. The number of hydrogen-bond donors (Lipinski definition) is 1. The summed E-state index contributed by atoms with van der Waals surface area (Å²) >= 11 is 0. The van der Waals surface area contributed by atoms with Gasteiger partial charge < -0.3 is 5.11 Å². The van der Waals surface area contributed by atoms with Crippen LogP contribution in [0.2, 0.25) is 0 Å². The van der Waals surface area contributed by atoms with E-state index < -0.39 is 24.0 Å². The van der Waals surface area contributed by atoms with E-state index >= 15 is 0 Å². The molecule has 0 amide bonds. The molecule has 0 atom stereocenters. The molecular weight excluding hydrogens is 914 g/mol. The third-order valence-electron chi connectivity index (χ3n) is 11.1. The maximum Gasteiger partial charge on any atom is 0.148 e. The molecule has 0 aliphatic rings. The number of para-hydroxylation sites is 1. The Morgan fingerprint density at radius 3 is 2.10 bits per heavy atom. The summed E-state index contributed by atoms with van der Waals surface area (Å²) in [6, 6.07) is 36.0. The molecule has 0 aliphatic heterocycles. The van der Waals surface area contributed by atoms with E-state index in [0.717, 1.165) is 55.7 Å². The van der Waals surface area contributed by atoms with Crippen LogP contribution < -0.4 is 0 Å². The molecule has 0 radical (unpaired) electrons. The van der Waals surface area contributed by atoms with Crippen LogP contribution in [-0.2, 0) is 26.5 Å². The Morgan fingerprint density at radius 1 is 0.683 bits per heavy atom. The molecule has 8 rings (SSSR count). The average Bonchev–Trinajstić information content (AvgIpc) is 3.66. The van der Waals surface area contributed by atoms with Crippen LogP contribution in [0.15, 0.2) is 140 Å². The van der Waals surface area contributed by atoms with Crippen LogP contribution in [0.4, 0.5) is 0 Å². The monoisotopic (exact) mass is 973 g/mol. The average molecular weight is 974 g/mol. The number of phenols is 1. The smallest absolute Gasteiger partial charge is 0.148 e. The Morgan fingerprint density at radius 2 is 1.42 bits per heavy atom. The van der Waals surface area contributed by atoms with Crippen molar-refractivity contribution < 1.29 is 34.4 Å². The van der Waals surface area contributed by atoms with Crippen molar-refractivity contribution in [2.45, 2.75) is 85.5 Å². The number of phenolic OH excluding ortho intramolecular Hbond substituents is 1. The molecular formula is C55H54N3OPt-. The number of pyridine rings is 1. The zero-order chi connectivity index (χ0) is 46.9. The second-order valence-electron chi connectivity index (χ2n) is 17.2. The van der Waals surface area contributed by atoms with Gasteiger partial charge in [0.25, 0.3) is 0 Å².